The molecule has 2 rings (SSSR count). The first-order valence-corrected chi connectivity index (χ1v) is 6.29. The Morgan fingerprint density at radius 1 is 1.39 bits per heavy atom. The van der Waals surface area contributed by atoms with Crippen LogP contribution in [0.4, 0.5) is 4.79 Å². The van der Waals surface area contributed by atoms with E-state index in [-0.39, 0.29) is 11.7 Å². The van der Waals surface area contributed by atoms with Gasteiger partial charge in [-0.2, -0.15) is 0 Å². The molecule has 2 heterocycles. The summed E-state index contributed by atoms with van der Waals surface area (Å²) in [5.74, 6) is 0. The van der Waals surface area contributed by atoms with Crippen LogP contribution in [0.15, 0.2) is 0 Å². The number of nitrogens with one attached hydrogen (secondary N) is 2. The molecule has 0 aliphatic carbocycles. The van der Waals surface area contributed by atoms with Crippen LogP contribution >= 0.6 is 0 Å². The molecule has 1 spiro atoms. The maximum Gasteiger partial charge on any atom is 0.407 e. The van der Waals surface area contributed by atoms with Crippen LogP contribution in [0, 0.1) is 5.41 Å². The van der Waals surface area contributed by atoms with Crippen molar-refractivity contribution in [1.82, 2.24) is 10.6 Å². The second kappa shape index (κ2) is 5.03. The summed E-state index contributed by atoms with van der Waals surface area (Å²) in [5, 5.41) is 5.86. The van der Waals surface area contributed by atoms with E-state index in [2.05, 4.69) is 10.6 Å². The molecule has 0 bridgehead atoms. The molecule has 0 saturated carbocycles. The molecule has 2 aliphatic heterocycles. The van der Waals surface area contributed by atoms with Crippen LogP contribution in [0.3, 0.4) is 0 Å². The molecule has 6 heteroatoms. The Bertz CT molecular complexity index is 300. The second-order valence-electron chi connectivity index (χ2n) is 6.04. The lowest BCUT2D eigenvalue weighted by atomic mass is 9.83. The average Bonchev–Trinajstić information content (AvgIpc) is 2.22. The lowest BCUT2D eigenvalue weighted by molar-refractivity contribution is -0.235. The number of hydrogen-bond acceptors (Lipinski definition) is 5. The van der Waals surface area contributed by atoms with E-state index < -0.39 is 11.7 Å². The van der Waals surface area contributed by atoms with E-state index in [0.29, 0.717) is 19.8 Å². The molecule has 0 atom stereocenters. The maximum absolute atomic E-state index is 11.4. The van der Waals surface area contributed by atoms with Gasteiger partial charge in [0.25, 0.3) is 0 Å². The van der Waals surface area contributed by atoms with Crippen LogP contribution in [0.5, 0.6) is 0 Å². The third kappa shape index (κ3) is 3.57. The van der Waals surface area contributed by atoms with Crippen molar-refractivity contribution in [1.29, 1.82) is 0 Å². The van der Waals surface area contributed by atoms with Gasteiger partial charge in [0.2, 0.25) is 0 Å². The zero-order valence-electron chi connectivity index (χ0n) is 11.2. The molecule has 0 aromatic rings. The third-order valence-corrected chi connectivity index (χ3v) is 2.96. The molecular weight excluding hydrogens is 236 g/mol. The largest absolute Gasteiger partial charge is 0.444 e. The third-order valence-electron chi connectivity index (χ3n) is 2.96. The average molecular weight is 258 g/mol. The highest BCUT2D eigenvalue weighted by atomic mass is 16.7. The first-order valence-electron chi connectivity index (χ1n) is 6.29. The minimum Gasteiger partial charge on any atom is -0.444 e. The first-order chi connectivity index (χ1) is 8.39. The van der Waals surface area contributed by atoms with Crippen LogP contribution in [0.1, 0.15) is 20.8 Å². The molecule has 104 valence electrons. The summed E-state index contributed by atoms with van der Waals surface area (Å²) < 4.78 is 16.3. The predicted octanol–water partition coefficient (Wildman–Crippen LogP) is 0.474. The van der Waals surface area contributed by atoms with E-state index in [1.165, 1.54) is 0 Å². The van der Waals surface area contributed by atoms with Gasteiger partial charge < -0.3 is 24.8 Å². The number of amides is 1. The van der Waals surface area contributed by atoms with E-state index in [4.69, 9.17) is 14.2 Å². The predicted molar refractivity (Wildman–Crippen MR) is 65.2 cm³/mol. The highest BCUT2D eigenvalue weighted by molar-refractivity contribution is 5.67. The van der Waals surface area contributed by atoms with Crippen molar-refractivity contribution in [2.75, 3.05) is 32.8 Å². The molecule has 2 saturated heterocycles. The number of rotatable bonds is 2. The molecule has 18 heavy (non-hydrogen) atoms. The van der Waals surface area contributed by atoms with Crippen LogP contribution in [-0.4, -0.2) is 50.8 Å². The van der Waals surface area contributed by atoms with E-state index in [9.17, 15) is 4.79 Å². The molecule has 0 unspecified atom stereocenters. The van der Waals surface area contributed by atoms with Crippen molar-refractivity contribution in [3.63, 3.8) is 0 Å². The molecule has 2 fully saturated rings. The van der Waals surface area contributed by atoms with Crippen LogP contribution in [0.2, 0.25) is 0 Å². The zero-order valence-corrected chi connectivity index (χ0v) is 11.2. The van der Waals surface area contributed by atoms with E-state index in [1.54, 1.807) is 0 Å². The Morgan fingerprint density at radius 3 is 2.44 bits per heavy atom. The summed E-state index contributed by atoms with van der Waals surface area (Å²) in [6.45, 7) is 9.05. The lowest BCUT2D eigenvalue weighted by Gasteiger charge is -2.46. The van der Waals surface area contributed by atoms with Crippen LogP contribution in [0.25, 0.3) is 0 Å². The van der Waals surface area contributed by atoms with Gasteiger partial charge in [0, 0.05) is 18.5 Å². The smallest absolute Gasteiger partial charge is 0.407 e. The summed E-state index contributed by atoms with van der Waals surface area (Å²) in [5.41, 5.74) is -0.331. The molecule has 0 radical (unpaired) electrons. The van der Waals surface area contributed by atoms with Crippen LogP contribution in [-0.2, 0) is 14.2 Å². The summed E-state index contributed by atoms with van der Waals surface area (Å²) >= 11 is 0. The van der Waals surface area contributed by atoms with E-state index in [0.717, 1.165) is 13.1 Å². The Hall–Kier alpha value is -0.850. The van der Waals surface area contributed by atoms with Gasteiger partial charge in [-0.3, -0.25) is 0 Å². The fourth-order valence-electron chi connectivity index (χ4n) is 1.91. The molecule has 0 aromatic carbocycles. The van der Waals surface area contributed by atoms with Gasteiger partial charge in [0.05, 0.1) is 19.8 Å². The fraction of sp³-hybridized carbons (Fsp3) is 0.917. The van der Waals surface area contributed by atoms with Crippen molar-refractivity contribution in [2.24, 2.45) is 5.41 Å². The topological polar surface area (TPSA) is 68.8 Å². The zero-order chi connectivity index (χ0) is 13.2. The maximum atomic E-state index is 11.4. The van der Waals surface area contributed by atoms with E-state index in [1.807, 2.05) is 20.8 Å². The molecule has 0 aromatic heterocycles. The molecule has 2 aliphatic rings. The summed E-state index contributed by atoms with van der Waals surface area (Å²) in [4.78, 5) is 11.4. The van der Waals surface area contributed by atoms with Gasteiger partial charge >= 0.3 is 6.09 Å². The van der Waals surface area contributed by atoms with Crippen molar-refractivity contribution in [3.05, 3.63) is 0 Å². The minimum atomic E-state index is -0.486. The number of carbonyl (C=O) groups excluding carboxylic acids is 1. The Morgan fingerprint density at radius 2 is 2.00 bits per heavy atom. The van der Waals surface area contributed by atoms with Crippen molar-refractivity contribution < 1.29 is 19.0 Å². The van der Waals surface area contributed by atoms with Crippen molar-refractivity contribution in [3.8, 4) is 0 Å². The quantitative estimate of drug-likeness (QED) is 0.753. The normalized spacial score (nSPS) is 23.5. The van der Waals surface area contributed by atoms with Gasteiger partial charge in [-0.25, -0.2) is 4.79 Å². The SMILES string of the molecule is CC(C)(C)OC(=O)NCC1OCC2(CNC2)CO1. The molecule has 1 amide bonds. The minimum absolute atomic E-state index is 0.155. The van der Waals surface area contributed by atoms with Gasteiger partial charge in [-0.15, -0.1) is 0 Å². The highest BCUT2D eigenvalue weighted by Gasteiger charge is 2.42. The van der Waals surface area contributed by atoms with Gasteiger partial charge in [-0.1, -0.05) is 0 Å². The summed E-state index contributed by atoms with van der Waals surface area (Å²) in [6, 6.07) is 0. The molecule has 2 N–H and O–H groups in total. The summed E-state index contributed by atoms with van der Waals surface area (Å²) in [6.07, 6.45) is -0.816. The number of hydrogen-bond donors (Lipinski definition) is 2. The Labute approximate surface area is 107 Å². The van der Waals surface area contributed by atoms with Crippen LogP contribution < -0.4 is 10.6 Å². The lowest BCUT2D eigenvalue weighted by Crippen LogP contribution is -2.62. The Balaban J connectivity index is 1.64. The van der Waals surface area contributed by atoms with Crippen molar-refractivity contribution in [2.45, 2.75) is 32.7 Å². The standard InChI is InChI=1S/C12H22N2O4/c1-11(2,3)18-10(15)14-4-9-16-7-12(8-17-9)5-13-6-12/h9,13H,4-8H2,1-3H3,(H,14,15). The molecule has 6 nitrogen and oxygen atoms in total. The monoisotopic (exact) mass is 258 g/mol. The Kier molecular flexibility index (Phi) is 3.79. The van der Waals surface area contributed by atoms with Gasteiger partial charge in [0.1, 0.15) is 5.60 Å². The first kappa shape index (κ1) is 13.6. The summed E-state index contributed by atoms with van der Waals surface area (Å²) in [7, 11) is 0. The second-order valence-corrected chi connectivity index (χ2v) is 6.04. The molecular formula is C12H22N2O4. The fourth-order valence-corrected chi connectivity index (χ4v) is 1.91. The van der Waals surface area contributed by atoms with E-state index >= 15 is 0 Å². The highest BCUT2D eigenvalue weighted by Crippen LogP contribution is 2.28. The number of ether oxygens (including phenoxy) is 3. The van der Waals surface area contributed by atoms with Gasteiger partial charge in [-0.05, 0) is 20.8 Å². The number of alkyl carbamates (subject to hydrolysis) is 1. The number of carbonyl (C=O) groups is 1. The van der Waals surface area contributed by atoms with Gasteiger partial charge in [0.15, 0.2) is 6.29 Å². The van der Waals surface area contributed by atoms with Crippen molar-refractivity contribution >= 4 is 6.09 Å².